The molecular formula is C32H46ClN7O7. The highest BCUT2D eigenvalue weighted by atomic mass is 35.5. The lowest BCUT2D eigenvalue weighted by atomic mass is 10.0. The first-order valence-corrected chi connectivity index (χ1v) is 15.0. The molecule has 14 nitrogen and oxygen atoms in total. The van der Waals surface area contributed by atoms with Gasteiger partial charge in [-0.15, -0.1) is 12.4 Å². The predicted molar refractivity (Wildman–Crippen MR) is 179 cm³/mol. The van der Waals surface area contributed by atoms with Gasteiger partial charge in [0.05, 0.1) is 13.1 Å². The van der Waals surface area contributed by atoms with Crippen LogP contribution in [0.2, 0.25) is 0 Å². The van der Waals surface area contributed by atoms with E-state index in [-0.39, 0.29) is 57.7 Å². The number of nitrogens with two attached hydrogens (primary N) is 1. The van der Waals surface area contributed by atoms with Gasteiger partial charge in [-0.1, -0.05) is 62.4 Å². The number of carbonyl (C=O) groups excluding carboxylic acids is 6. The molecule has 258 valence electrons. The number of hydrogen-bond donors (Lipinski definition) is 5. The molecule has 6 amide bonds. The highest BCUT2D eigenvalue weighted by Gasteiger charge is 2.30. The second kappa shape index (κ2) is 21.2. The maximum atomic E-state index is 13.2. The molecule has 0 aliphatic carbocycles. The van der Waals surface area contributed by atoms with Crippen molar-refractivity contribution >= 4 is 53.7 Å². The van der Waals surface area contributed by atoms with Crippen LogP contribution in [0.1, 0.15) is 32.8 Å². The molecule has 0 bridgehead atoms. The average Bonchev–Trinajstić information content (AvgIpc) is 3.04. The summed E-state index contributed by atoms with van der Waals surface area (Å²) in [5.74, 6) is -2.49. The highest BCUT2D eigenvalue weighted by Crippen LogP contribution is 2.17. The first kappa shape index (κ1) is 40.3. The minimum Gasteiger partial charge on any atom is -0.445 e. The van der Waals surface area contributed by atoms with Gasteiger partial charge in [0.2, 0.25) is 29.5 Å². The van der Waals surface area contributed by atoms with Crippen molar-refractivity contribution in [3.05, 3.63) is 66.2 Å². The Hall–Kier alpha value is -4.69. The Balaban J connectivity index is 0.0000110. The molecule has 0 unspecified atom stereocenters. The Labute approximate surface area is 281 Å². The molecule has 0 saturated carbocycles. The van der Waals surface area contributed by atoms with E-state index in [1.54, 1.807) is 37.3 Å². The van der Waals surface area contributed by atoms with Gasteiger partial charge >= 0.3 is 6.09 Å². The molecule has 6 N–H and O–H groups in total. The van der Waals surface area contributed by atoms with Crippen molar-refractivity contribution in [2.45, 2.75) is 45.9 Å². The van der Waals surface area contributed by atoms with Crippen molar-refractivity contribution in [2.75, 3.05) is 44.7 Å². The average molecular weight is 676 g/mol. The van der Waals surface area contributed by atoms with Crippen molar-refractivity contribution in [1.29, 1.82) is 0 Å². The molecule has 2 aromatic carbocycles. The van der Waals surface area contributed by atoms with Gasteiger partial charge in [0.1, 0.15) is 25.2 Å². The van der Waals surface area contributed by atoms with Gasteiger partial charge in [0.15, 0.2) is 0 Å². The monoisotopic (exact) mass is 675 g/mol. The summed E-state index contributed by atoms with van der Waals surface area (Å²) in [5.41, 5.74) is 6.90. The Morgan fingerprint density at radius 3 is 1.96 bits per heavy atom. The number of carbonyl (C=O) groups is 6. The summed E-state index contributed by atoms with van der Waals surface area (Å²) in [6.45, 7) is 4.68. The van der Waals surface area contributed by atoms with Gasteiger partial charge in [-0.2, -0.15) is 0 Å². The third-order valence-corrected chi connectivity index (χ3v) is 6.67. The van der Waals surface area contributed by atoms with Crippen LogP contribution in [-0.4, -0.2) is 92.4 Å². The lowest BCUT2D eigenvalue weighted by Gasteiger charge is -2.30. The van der Waals surface area contributed by atoms with Gasteiger partial charge in [-0.25, -0.2) is 4.79 Å². The number of hydrogen-bond acceptors (Lipinski definition) is 8. The van der Waals surface area contributed by atoms with E-state index in [4.69, 9.17) is 10.5 Å². The second-order valence-corrected chi connectivity index (χ2v) is 11.0. The zero-order chi connectivity index (χ0) is 34.1. The number of nitrogens with one attached hydrogen (secondary N) is 4. The number of anilines is 1. The zero-order valence-electron chi connectivity index (χ0n) is 27.2. The van der Waals surface area contributed by atoms with Gasteiger partial charge < -0.3 is 36.6 Å². The van der Waals surface area contributed by atoms with Crippen LogP contribution >= 0.6 is 12.4 Å². The fraction of sp³-hybridized carbons (Fsp3) is 0.438. The molecule has 0 aliphatic rings. The fourth-order valence-electron chi connectivity index (χ4n) is 4.31. The summed E-state index contributed by atoms with van der Waals surface area (Å²) < 4.78 is 5.18. The number of rotatable bonds is 17. The number of amides is 6. The first-order valence-electron chi connectivity index (χ1n) is 15.0. The summed E-state index contributed by atoms with van der Waals surface area (Å²) >= 11 is 0. The van der Waals surface area contributed by atoms with Gasteiger partial charge in [-0.3, -0.25) is 28.9 Å². The molecule has 0 aromatic heterocycles. The summed E-state index contributed by atoms with van der Waals surface area (Å²) in [5, 5.41) is 10.4. The highest BCUT2D eigenvalue weighted by molar-refractivity contribution is 6.02. The molecule has 0 fully saturated rings. The number of halogens is 1. The van der Waals surface area contributed by atoms with Crippen LogP contribution in [0, 0.1) is 5.92 Å². The summed E-state index contributed by atoms with van der Waals surface area (Å²) in [6.07, 6.45) is -0.357. The van der Waals surface area contributed by atoms with Crippen LogP contribution in [0.25, 0.3) is 0 Å². The van der Waals surface area contributed by atoms with Gasteiger partial charge in [0, 0.05) is 25.8 Å². The topological polar surface area (TPSA) is 192 Å². The molecule has 2 rings (SSSR count). The minimum atomic E-state index is -0.959. The van der Waals surface area contributed by atoms with E-state index in [1.165, 1.54) is 11.9 Å². The van der Waals surface area contributed by atoms with E-state index in [9.17, 15) is 28.8 Å². The summed E-state index contributed by atoms with van der Waals surface area (Å²) in [4.78, 5) is 77.7. The van der Waals surface area contributed by atoms with Crippen molar-refractivity contribution in [2.24, 2.45) is 11.7 Å². The molecule has 0 spiro atoms. The Bertz CT molecular complexity index is 1320. The second-order valence-electron chi connectivity index (χ2n) is 11.0. The van der Waals surface area contributed by atoms with Crippen LogP contribution < -0.4 is 31.9 Å². The Morgan fingerprint density at radius 2 is 1.38 bits per heavy atom. The molecule has 0 saturated heterocycles. The van der Waals surface area contributed by atoms with E-state index in [2.05, 4.69) is 21.3 Å². The normalized spacial score (nSPS) is 11.6. The van der Waals surface area contributed by atoms with E-state index in [1.807, 2.05) is 44.2 Å². The smallest absolute Gasteiger partial charge is 0.410 e. The maximum absolute atomic E-state index is 13.2. The lowest BCUT2D eigenvalue weighted by molar-refractivity contribution is -0.131. The number of likely N-dealkylation sites (N-methyl/N-ethyl adjacent to an activating group) is 1. The Kier molecular flexibility index (Phi) is 18.2. The molecular weight excluding hydrogens is 630 g/mol. The van der Waals surface area contributed by atoms with Crippen molar-refractivity contribution < 1.29 is 33.5 Å². The third kappa shape index (κ3) is 14.5. The van der Waals surface area contributed by atoms with Crippen molar-refractivity contribution in [3.8, 4) is 0 Å². The number of nitrogens with zero attached hydrogens (tertiary/aromatic N) is 2. The van der Waals surface area contributed by atoms with E-state index >= 15 is 0 Å². The number of ether oxygens (including phenoxy) is 1. The first-order chi connectivity index (χ1) is 21.9. The predicted octanol–water partition coefficient (Wildman–Crippen LogP) is 0.937. The molecule has 2 aromatic rings. The van der Waals surface area contributed by atoms with Gasteiger partial charge in [0.25, 0.3) is 0 Å². The Morgan fingerprint density at radius 1 is 0.809 bits per heavy atom. The molecule has 47 heavy (non-hydrogen) atoms. The van der Waals surface area contributed by atoms with Crippen LogP contribution in [0.5, 0.6) is 0 Å². The fourth-order valence-corrected chi connectivity index (χ4v) is 4.31. The van der Waals surface area contributed by atoms with Crippen molar-refractivity contribution in [3.63, 3.8) is 0 Å². The standard InChI is InChI=1S/C32H45N7O7.ClH/c1-22(2)17-26(37-30(43)23(3)39(29(42)18-33)25-13-9-6-10-14-25)31(44)36-19-27(40)34-15-16-35-28(41)20-38(4)32(45)46-21-24-11-7-5-8-12-24;/h5-14,22-23,26H,15-21,33H2,1-4H3,(H,34,40)(H,35,41)(H,36,44)(H,37,43);1H/t23-,26-;/m0./s1. The molecule has 2 atom stereocenters. The molecule has 15 heteroatoms. The third-order valence-electron chi connectivity index (χ3n) is 6.67. The van der Waals surface area contributed by atoms with Crippen LogP contribution in [0.15, 0.2) is 60.7 Å². The van der Waals surface area contributed by atoms with E-state index in [0.717, 1.165) is 10.5 Å². The number of benzene rings is 2. The van der Waals surface area contributed by atoms with Crippen LogP contribution in [0.3, 0.4) is 0 Å². The van der Waals surface area contributed by atoms with Crippen molar-refractivity contribution in [1.82, 2.24) is 26.2 Å². The minimum absolute atomic E-state index is 0. The lowest BCUT2D eigenvalue weighted by Crippen LogP contribution is -2.56. The zero-order valence-corrected chi connectivity index (χ0v) is 28.0. The van der Waals surface area contributed by atoms with E-state index in [0.29, 0.717) is 12.1 Å². The number of para-hydroxylation sites is 1. The van der Waals surface area contributed by atoms with Crippen LogP contribution in [0.4, 0.5) is 10.5 Å². The molecule has 0 heterocycles. The van der Waals surface area contributed by atoms with Crippen LogP contribution in [-0.2, 0) is 35.3 Å². The largest absolute Gasteiger partial charge is 0.445 e. The van der Waals surface area contributed by atoms with E-state index < -0.39 is 47.7 Å². The summed E-state index contributed by atoms with van der Waals surface area (Å²) in [6, 6.07) is 15.8. The quantitative estimate of drug-likeness (QED) is 0.153. The maximum Gasteiger partial charge on any atom is 0.410 e. The summed E-state index contributed by atoms with van der Waals surface area (Å²) in [7, 11) is 1.44. The molecule has 0 aliphatic heterocycles. The molecule has 0 radical (unpaired) electrons. The van der Waals surface area contributed by atoms with Gasteiger partial charge in [-0.05, 0) is 37.0 Å². The SMILES string of the molecule is CC(C)C[C@H](NC(=O)[C@H](C)N(C(=O)CN)c1ccccc1)C(=O)NCC(=O)NCCNC(=O)CN(C)C(=O)OCc1ccccc1.Cl.